The molecule has 0 bridgehead atoms. The molecule has 8 atom stereocenters. The van der Waals surface area contributed by atoms with E-state index in [1.807, 2.05) is 0 Å². The molecule has 0 aromatic heterocycles. The fraction of sp³-hybridized carbons (Fsp3) is 0.692. The molecule has 156 valence electrons. The van der Waals surface area contributed by atoms with Gasteiger partial charge in [0.2, 0.25) is 0 Å². The fourth-order valence-electron chi connectivity index (χ4n) is 8.50. The van der Waals surface area contributed by atoms with Gasteiger partial charge in [-0.05, 0) is 97.3 Å². The second-order valence-corrected chi connectivity index (χ2v) is 17.4. The van der Waals surface area contributed by atoms with Crippen molar-refractivity contribution < 1.29 is 0 Å². The summed E-state index contributed by atoms with van der Waals surface area (Å²) in [6.45, 7) is 5.55. The van der Waals surface area contributed by atoms with Crippen LogP contribution in [0.3, 0.4) is 0 Å². The van der Waals surface area contributed by atoms with Gasteiger partial charge in [-0.15, -0.1) is 0 Å². The molecule has 0 aromatic carbocycles. The standard InChI is InChI=1S/C26H34Cl2Si/c1-29(2,25-17-5-3-7-23(27)21(17)13-19(25)15-9-10-15)26-18-6-4-8-24(28)22(18)14-20(26)16-11-12-16/h3-8,15-22,25-26H,9-14H2,1-2H3. The molecule has 0 radical (unpaired) electrons. The van der Waals surface area contributed by atoms with Gasteiger partial charge in [0.1, 0.15) is 0 Å². The summed E-state index contributed by atoms with van der Waals surface area (Å²) < 4.78 is 0. The van der Waals surface area contributed by atoms with Gasteiger partial charge >= 0.3 is 0 Å². The first-order valence-electron chi connectivity index (χ1n) is 12.0. The molecular formula is C26H34Cl2Si. The minimum Gasteiger partial charge on any atom is -0.0888 e. The highest BCUT2D eigenvalue weighted by Gasteiger charge is 2.62. The summed E-state index contributed by atoms with van der Waals surface area (Å²) >= 11 is 13.6. The second-order valence-electron chi connectivity index (χ2n) is 11.6. The third-order valence-corrected chi connectivity index (χ3v) is 15.7. The Morgan fingerprint density at radius 3 is 1.52 bits per heavy atom. The van der Waals surface area contributed by atoms with Gasteiger partial charge in [0.05, 0.1) is 8.07 Å². The van der Waals surface area contributed by atoms with E-state index < -0.39 is 8.07 Å². The van der Waals surface area contributed by atoms with E-state index in [0.29, 0.717) is 23.7 Å². The van der Waals surface area contributed by atoms with Gasteiger partial charge < -0.3 is 0 Å². The molecule has 0 aliphatic heterocycles. The van der Waals surface area contributed by atoms with E-state index in [1.54, 1.807) is 0 Å². The highest BCUT2D eigenvalue weighted by atomic mass is 35.5. The number of hydrogen-bond donors (Lipinski definition) is 0. The van der Waals surface area contributed by atoms with E-state index in [-0.39, 0.29) is 0 Å². The van der Waals surface area contributed by atoms with Gasteiger partial charge in [0.15, 0.2) is 0 Å². The molecule has 0 spiro atoms. The Balaban J connectivity index is 1.39. The molecule has 4 fully saturated rings. The lowest BCUT2D eigenvalue weighted by molar-refractivity contribution is 0.415. The molecule has 0 nitrogen and oxygen atoms in total. The molecule has 0 saturated heterocycles. The van der Waals surface area contributed by atoms with Crippen LogP contribution in [0.25, 0.3) is 0 Å². The number of halogens is 2. The monoisotopic (exact) mass is 444 g/mol. The lowest BCUT2D eigenvalue weighted by Crippen LogP contribution is -2.47. The third kappa shape index (κ3) is 3.05. The van der Waals surface area contributed by atoms with Crippen LogP contribution in [-0.4, -0.2) is 8.07 Å². The van der Waals surface area contributed by atoms with Gasteiger partial charge in [-0.2, -0.15) is 0 Å². The number of hydrogen-bond acceptors (Lipinski definition) is 0. The van der Waals surface area contributed by atoms with Gasteiger partial charge in [-0.25, -0.2) is 0 Å². The van der Waals surface area contributed by atoms with Crippen LogP contribution < -0.4 is 0 Å². The molecule has 8 unspecified atom stereocenters. The summed E-state index contributed by atoms with van der Waals surface area (Å²) in [6, 6.07) is 0. The molecule has 3 heteroatoms. The predicted octanol–water partition coefficient (Wildman–Crippen LogP) is 8.14. The summed E-state index contributed by atoms with van der Waals surface area (Å²) in [5, 5.41) is 2.28. The zero-order chi connectivity index (χ0) is 19.9. The average molecular weight is 446 g/mol. The van der Waals surface area contributed by atoms with Crippen molar-refractivity contribution in [1.29, 1.82) is 0 Å². The van der Waals surface area contributed by atoms with Crippen molar-refractivity contribution in [2.45, 2.75) is 62.7 Å². The summed E-state index contributed by atoms with van der Waals surface area (Å²) in [4.78, 5) is 0. The zero-order valence-electron chi connectivity index (χ0n) is 17.7. The normalized spacial score (nSPS) is 46.3. The minimum atomic E-state index is -1.56. The Hall–Kier alpha value is -0.243. The Kier molecular flexibility index (Phi) is 4.61. The molecular weight excluding hydrogens is 411 g/mol. The van der Waals surface area contributed by atoms with Crippen LogP contribution in [0.15, 0.2) is 46.5 Å². The van der Waals surface area contributed by atoms with Crippen LogP contribution in [0.4, 0.5) is 0 Å². The van der Waals surface area contributed by atoms with Crippen LogP contribution in [0.2, 0.25) is 24.2 Å². The maximum atomic E-state index is 6.79. The van der Waals surface area contributed by atoms with Gasteiger partial charge in [0, 0.05) is 21.9 Å². The Bertz CT molecular complexity index is 747. The van der Waals surface area contributed by atoms with Crippen molar-refractivity contribution in [3.63, 3.8) is 0 Å². The summed E-state index contributed by atoms with van der Waals surface area (Å²) in [6.07, 6.45) is 22.6. The molecule has 0 amide bonds. The van der Waals surface area contributed by atoms with Gasteiger partial charge in [-0.1, -0.05) is 60.6 Å². The van der Waals surface area contributed by atoms with Crippen LogP contribution >= 0.6 is 23.2 Å². The Morgan fingerprint density at radius 2 is 1.14 bits per heavy atom. The van der Waals surface area contributed by atoms with E-state index in [2.05, 4.69) is 49.6 Å². The molecule has 6 aliphatic carbocycles. The number of allylic oxidation sites excluding steroid dienone is 8. The van der Waals surface area contributed by atoms with Crippen LogP contribution in [0, 0.1) is 47.3 Å². The van der Waals surface area contributed by atoms with Gasteiger partial charge in [0.25, 0.3) is 0 Å². The molecule has 6 rings (SSSR count). The number of rotatable bonds is 4. The topological polar surface area (TPSA) is 0 Å². The van der Waals surface area contributed by atoms with Crippen molar-refractivity contribution in [1.82, 2.24) is 0 Å². The van der Waals surface area contributed by atoms with Crippen LogP contribution in [0.1, 0.15) is 38.5 Å². The number of fused-ring (bicyclic) bond motifs is 2. The van der Waals surface area contributed by atoms with Crippen molar-refractivity contribution in [3.05, 3.63) is 46.5 Å². The molecule has 6 aliphatic rings. The quantitative estimate of drug-likeness (QED) is 0.383. The highest BCUT2D eigenvalue weighted by molar-refractivity contribution is 6.80. The lowest BCUT2D eigenvalue weighted by Gasteiger charge is -2.47. The van der Waals surface area contributed by atoms with E-state index in [1.165, 1.54) is 38.5 Å². The summed E-state index contributed by atoms with van der Waals surface area (Å²) in [5.41, 5.74) is 1.78. The van der Waals surface area contributed by atoms with Gasteiger partial charge in [-0.3, -0.25) is 0 Å². The summed E-state index contributed by atoms with van der Waals surface area (Å²) in [7, 11) is -1.56. The van der Waals surface area contributed by atoms with Crippen molar-refractivity contribution >= 4 is 31.3 Å². The Labute approximate surface area is 187 Å². The first kappa shape index (κ1) is 19.4. The van der Waals surface area contributed by atoms with Crippen molar-refractivity contribution in [3.8, 4) is 0 Å². The maximum absolute atomic E-state index is 6.79. The molecule has 29 heavy (non-hydrogen) atoms. The van der Waals surface area contributed by atoms with Crippen molar-refractivity contribution in [2.24, 2.45) is 47.3 Å². The maximum Gasteiger partial charge on any atom is 0.0553 e. The second kappa shape index (κ2) is 6.88. The van der Waals surface area contributed by atoms with Crippen LogP contribution in [-0.2, 0) is 0 Å². The Morgan fingerprint density at radius 1 is 0.724 bits per heavy atom. The van der Waals surface area contributed by atoms with Crippen LogP contribution in [0.5, 0.6) is 0 Å². The summed E-state index contributed by atoms with van der Waals surface area (Å²) in [5.74, 6) is 6.38. The largest absolute Gasteiger partial charge is 0.0888 e. The molecule has 0 aromatic rings. The highest BCUT2D eigenvalue weighted by Crippen LogP contribution is 2.69. The van der Waals surface area contributed by atoms with E-state index in [4.69, 9.17) is 23.2 Å². The molecule has 0 N–H and O–H groups in total. The first-order chi connectivity index (χ1) is 14.0. The third-order valence-electron chi connectivity index (χ3n) is 9.79. The molecule has 4 saturated carbocycles. The van der Waals surface area contributed by atoms with E-state index >= 15 is 0 Å². The minimum absolute atomic E-state index is 0.603. The first-order valence-corrected chi connectivity index (χ1v) is 16.0. The predicted molar refractivity (Wildman–Crippen MR) is 127 cm³/mol. The van der Waals surface area contributed by atoms with E-state index in [0.717, 1.165) is 44.8 Å². The van der Waals surface area contributed by atoms with E-state index in [9.17, 15) is 0 Å². The van der Waals surface area contributed by atoms with Crippen molar-refractivity contribution in [2.75, 3.05) is 0 Å². The lowest BCUT2D eigenvalue weighted by atomic mass is 9.91. The smallest absolute Gasteiger partial charge is 0.0553 e. The molecule has 0 heterocycles. The zero-order valence-corrected chi connectivity index (χ0v) is 20.2. The fourth-order valence-corrected chi connectivity index (χ4v) is 15.3. The SMILES string of the molecule is C[Si](C)(C1C2C=CC=C(Cl)C2CC1C1CC1)C1C2C=CC=C(Cl)C2CC1C1CC1. The average Bonchev–Trinajstić information content (AvgIpc) is 3.62.